The van der Waals surface area contributed by atoms with Crippen LogP contribution in [0.2, 0.25) is 0 Å². The van der Waals surface area contributed by atoms with Crippen LogP contribution in [0.3, 0.4) is 0 Å². The van der Waals surface area contributed by atoms with Gasteiger partial charge in [-0.15, -0.1) is 0 Å². The van der Waals surface area contributed by atoms with Crippen LogP contribution in [-0.2, 0) is 19.4 Å². The van der Waals surface area contributed by atoms with Gasteiger partial charge in [-0.1, -0.05) is 15.9 Å². The monoisotopic (exact) mass is 405 g/mol. The molecular formula is C16H11BBrF2N3O2. The Balaban J connectivity index is 2.24. The summed E-state index contributed by atoms with van der Waals surface area (Å²) < 4.78 is 33.2. The Labute approximate surface area is 150 Å². The van der Waals surface area contributed by atoms with Crippen molar-refractivity contribution in [2.75, 3.05) is 0 Å². The van der Waals surface area contributed by atoms with Crippen molar-refractivity contribution in [3.63, 3.8) is 0 Å². The van der Waals surface area contributed by atoms with Gasteiger partial charge in [0.1, 0.15) is 11.3 Å². The van der Waals surface area contributed by atoms with Crippen molar-refractivity contribution in [1.82, 2.24) is 13.7 Å². The predicted octanol–water partition coefficient (Wildman–Crippen LogP) is 2.07. The molecule has 4 rings (SSSR count). The molecule has 0 amide bonds. The van der Waals surface area contributed by atoms with Crippen LogP contribution in [0.1, 0.15) is 12.1 Å². The van der Waals surface area contributed by atoms with Crippen LogP contribution in [-0.4, -0.2) is 21.5 Å². The molecular weight excluding hydrogens is 395 g/mol. The minimum Gasteiger partial charge on any atom is -0.308 e. The highest BCUT2D eigenvalue weighted by Gasteiger charge is 2.28. The molecule has 0 aliphatic carbocycles. The van der Waals surface area contributed by atoms with Crippen molar-refractivity contribution in [3.8, 4) is 5.69 Å². The van der Waals surface area contributed by atoms with Crippen molar-refractivity contribution >= 4 is 34.8 Å². The number of nitrogens with zero attached hydrogens (tertiary/aromatic N) is 3. The zero-order valence-corrected chi connectivity index (χ0v) is 14.5. The summed E-state index contributed by atoms with van der Waals surface area (Å²) in [5.41, 5.74) is -1.04. The summed E-state index contributed by atoms with van der Waals surface area (Å²) in [7, 11) is 5.69. The maximum absolute atomic E-state index is 14.9. The van der Waals surface area contributed by atoms with Gasteiger partial charge in [-0.25, -0.2) is 9.18 Å². The summed E-state index contributed by atoms with van der Waals surface area (Å²) in [4.78, 5) is 25.1. The lowest BCUT2D eigenvalue weighted by Gasteiger charge is -2.09. The molecule has 1 aromatic carbocycles. The van der Waals surface area contributed by atoms with E-state index in [1.165, 1.54) is 27.3 Å². The topological polar surface area (TPSA) is 48.9 Å². The zero-order chi connectivity index (χ0) is 17.9. The van der Waals surface area contributed by atoms with E-state index in [0.717, 1.165) is 4.57 Å². The largest absolute Gasteiger partial charge is 0.333 e. The fourth-order valence-electron chi connectivity index (χ4n) is 3.46. The number of halogens is 3. The van der Waals surface area contributed by atoms with E-state index in [9.17, 15) is 18.4 Å². The number of imidazole rings is 1. The molecule has 126 valence electrons. The molecule has 2 radical (unpaired) electrons. The van der Waals surface area contributed by atoms with E-state index in [2.05, 4.69) is 15.9 Å². The first-order valence-corrected chi connectivity index (χ1v) is 8.47. The van der Waals surface area contributed by atoms with Crippen molar-refractivity contribution in [1.29, 1.82) is 0 Å². The van der Waals surface area contributed by atoms with E-state index in [0.29, 0.717) is 29.6 Å². The van der Waals surface area contributed by atoms with Crippen molar-refractivity contribution < 1.29 is 8.78 Å². The van der Waals surface area contributed by atoms with Gasteiger partial charge in [0.2, 0.25) is 5.82 Å². The number of aromatic nitrogens is 3. The lowest BCUT2D eigenvalue weighted by molar-refractivity contribution is 0.583. The number of hydrogen-bond acceptors (Lipinski definition) is 2. The lowest BCUT2D eigenvalue weighted by Crippen LogP contribution is -2.24. The fraction of sp³-hybridized carbons (Fsp3) is 0.250. The number of fused-ring (bicyclic) bond motifs is 3. The molecule has 0 N–H and O–H groups in total. The average molecular weight is 406 g/mol. The van der Waals surface area contributed by atoms with Crippen molar-refractivity contribution in [3.05, 3.63) is 60.8 Å². The van der Waals surface area contributed by atoms with Gasteiger partial charge in [-0.3, -0.25) is 13.9 Å². The van der Waals surface area contributed by atoms with Gasteiger partial charge in [-0.2, -0.15) is 4.39 Å². The maximum Gasteiger partial charge on any atom is 0.333 e. The smallest absolute Gasteiger partial charge is 0.308 e. The van der Waals surface area contributed by atoms with E-state index < -0.39 is 22.9 Å². The highest BCUT2D eigenvalue weighted by atomic mass is 79.9. The Hall–Kier alpha value is -2.16. The third-order valence-corrected chi connectivity index (χ3v) is 5.00. The Bertz CT molecular complexity index is 1150. The van der Waals surface area contributed by atoms with E-state index >= 15 is 0 Å². The van der Waals surface area contributed by atoms with Gasteiger partial charge >= 0.3 is 5.69 Å². The zero-order valence-electron chi connectivity index (χ0n) is 12.9. The van der Waals surface area contributed by atoms with E-state index in [1.54, 1.807) is 0 Å². The molecule has 0 spiro atoms. The molecule has 0 atom stereocenters. The molecule has 1 aliphatic heterocycles. The van der Waals surface area contributed by atoms with Gasteiger partial charge < -0.3 is 4.57 Å². The van der Waals surface area contributed by atoms with E-state index in [4.69, 9.17) is 7.85 Å². The third-order valence-electron chi connectivity index (χ3n) is 4.51. The number of aryl methyl sites for hydroxylation is 1. The standard InChI is InChI=1S/C16H11BBrF2N3O2/c17-7-22-13-11-2-1-5-21(11)15(24)12(20)14(13)23(16(22)25)10-4-3-8(18)6-9(10)19/h3-4,6H,1-2,5,7H2. The molecule has 5 nitrogen and oxygen atoms in total. The SMILES string of the molecule is [B]Cn1c(=O)n(-c2ccc(Br)cc2F)c2c(F)c(=O)n3c(c21)CCC3. The highest BCUT2D eigenvalue weighted by molar-refractivity contribution is 9.10. The number of rotatable bonds is 2. The first-order valence-electron chi connectivity index (χ1n) is 7.67. The third kappa shape index (κ3) is 2.18. The second-order valence-electron chi connectivity index (χ2n) is 5.84. The van der Waals surface area contributed by atoms with Crippen LogP contribution in [0.25, 0.3) is 16.7 Å². The van der Waals surface area contributed by atoms with E-state index in [1.807, 2.05) is 0 Å². The number of pyridine rings is 1. The van der Waals surface area contributed by atoms with E-state index in [-0.39, 0.29) is 23.2 Å². The molecule has 3 aromatic rings. The lowest BCUT2D eigenvalue weighted by atomic mass is 10.1. The molecule has 0 saturated carbocycles. The fourth-order valence-corrected chi connectivity index (χ4v) is 3.79. The van der Waals surface area contributed by atoms with Gasteiger partial charge in [0.15, 0.2) is 0 Å². The van der Waals surface area contributed by atoms with Gasteiger partial charge in [0.05, 0.1) is 19.1 Å². The second kappa shape index (κ2) is 5.69. The quantitative estimate of drug-likeness (QED) is 0.613. The number of hydrogen-bond donors (Lipinski definition) is 0. The first-order chi connectivity index (χ1) is 12.0. The highest BCUT2D eigenvalue weighted by Crippen LogP contribution is 2.27. The first kappa shape index (κ1) is 16.3. The van der Waals surface area contributed by atoms with Crippen molar-refractivity contribution in [2.24, 2.45) is 0 Å². The minimum absolute atomic E-state index is 0.133. The normalized spacial score (nSPS) is 13.6. The molecule has 9 heteroatoms. The maximum atomic E-state index is 14.9. The molecule has 2 aromatic heterocycles. The summed E-state index contributed by atoms with van der Waals surface area (Å²) in [5, 5.41) is 0. The molecule has 25 heavy (non-hydrogen) atoms. The van der Waals surface area contributed by atoms with Crippen molar-refractivity contribution in [2.45, 2.75) is 25.8 Å². The average Bonchev–Trinajstić information content (AvgIpc) is 3.15. The van der Waals surface area contributed by atoms with Crippen LogP contribution in [0.4, 0.5) is 8.78 Å². The second-order valence-corrected chi connectivity index (χ2v) is 6.76. The summed E-state index contributed by atoms with van der Waals surface area (Å²) in [6.45, 7) is 0.387. The molecule has 0 fully saturated rings. The Morgan fingerprint density at radius 1 is 1.20 bits per heavy atom. The van der Waals surface area contributed by atoms with Gasteiger partial charge in [-0.05, 0) is 37.5 Å². The summed E-state index contributed by atoms with van der Waals surface area (Å²) in [5.74, 6) is -1.79. The van der Waals surface area contributed by atoms with Gasteiger partial charge in [0.25, 0.3) is 5.56 Å². The Kier molecular flexibility index (Phi) is 3.71. The van der Waals surface area contributed by atoms with Crippen LogP contribution < -0.4 is 11.2 Å². The molecule has 0 unspecified atom stereocenters. The summed E-state index contributed by atoms with van der Waals surface area (Å²) in [6, 6.07) is 4.06. The van der Waals surface area contributed by atoms with Gasteiger partial charge in [0, 0.05) is 16.7 Å². The van der Waals surface area contributed by atoms with Crippen LogP contribution >= 0.6 is 15.9 Å². The van der Waals surface area contributed by atoms with Crippen LogP contribution in [0.5, 0.6) is 0 Å². The van der Waals surface area contributed by atoms with Crippen LogP contribution in [0.15, 0.2) is 32.3 Å². The number of benzene rings is 1. The minimum atomic E-state index is -1.08. The summed E-state index contributed by atoms with van der Waals surface area (Å²) in [6.07, 6.45) is 0.994. The predicted molar refractivity (Wildman–Crippen MR) is 93.5 cm³/mol. The Morgan fingerprint density at radius 2 is 1.96 bits per heavy atom. The molecule has 0 saturated heterocycles. The molecule has 0 bridgehead atoms. The molecule has 1 aliphatic rings. The summed E-state index contributed by atoms with van der Waals surface area (Å²) >= 11 is 3.14. The Morgan fingerprint density at radius 3 is 2.64 bits per heavy atom. The molecule has 3 heterocycles. The van der Waals surface area contributed by atoms with Crippen LogP contribution in [0, 0.1) is 11.6 Å².